The second kappa shape index (κ2) is 12.7. The molecule has 8 nitrogen and oxygen atoms in total. The molecule has 0 aliphatic carbocycles. The van der Waals surface area contributed by atoms with Crippen LogP contribution in [0.2, 0.25) is 0 Å². The number of morpholine rings is 1. The Morgan fingerprint density at radius 1 is 1.00 bits per heavy atom. The van der Waals surface area contributed by atoms with Gasteiger partial charge in [-0.25, -0.2) is 0 Å². The van der Waals surface area contributed by atoms with Crippen LogP contribution in [0, 0.1) is 0 Å². The minimum atomic E-state index is -0.707. The molecule has 4 rings (SSSR count). The first-order valence-corrected chi connectivity index (χ1v) is 13.1. The molecule has 0 radical (unpaired) electrons. The molecule has 37 heavy (non-hydrogen) atoms. The lowest BCUT2D eigenvalue weighted by Crippen LogP contribution is -2.38. The van der Waals surface area contributed by atoms with Crippen LogP contribution in [0.4, 0.5) is 0 Å². The second-order valence-electron chi connectivity index (χ2n) is 9.18. The summed E-state index contributed by atoms with van der Waals surface area (Å²) >= 11 is 0. The number of rotatable bonds is 11. The number of hydrogen-bond donors (Lipinski definition) is 1. The van der Waals surface area contributed by atoms with Crippen molar-refractivity contribution in [3.8, 4) is 11.5 Å². The highest BCUT2D eigenvalue weighted by molar-refractivity contribution is 6.46. The molecule has 2 aromatic rings. The van der Waals surface area contributed by atoms with Crippen molar-refractivity contribution in [2.45, 2.75) is 32.7 Å². The van der Waals surface area contributed by atoms with Gasteiger partial charge in [0.2, 0.25) is 0 Å². The lowest BCUT2D eigenvalue weighted by atomic mass is 9.95. The van der Waals surface area contributed by atoms with Crippen LogP contribution in [0.5, 0.6) is 11.5 Å². The molecule has 0 bridgehead atoms. The summed E-state index contributed by atoms with van der Waals surface area (Å²) in [5.41, 5.74) is 1.27. The van der Waals surface area contributed by atoms with Crippen molar-refractivity contribution in [2.75, 3.05) is 52.6 Å². The van der Waals surface area contributed by atoms with Crippen LogP contribution in [0.1, 0.15) is 43.9 Å². The van der Waals surface area contributed by atoms with E-state index in [1.54, 1.807) is 29.2 Å². The van der Waals surface area contributed by atoms with Crippen LogP contribution in [0.25, 0.3) is 5.76 Å². The molecule has 0 aromatic heterocycles. The van der Waals surface area contributed by atoms with Crippen LogP contribution in [-0.4, -0.2) is 79.2 Å². The maximum atomic E-state index is 13.3. The molecular formula is C29H36N2O6. The number of ketones is 1. The fourth-order valence-electron chi connectivity index (χ4n) is 4.77. The molecular weight excluding hydrogens is 472 g/mol. The van der Waals surface area contributed by atoms with Gasteiger partial charge in [0.05, 0.1) is 38.0 Å². The summed E-state index contributed by atoms with van der Waals surface area (Å²) in [4.78, 5) is 30.4. The van der Waals surface area contributed by atoms with Crippen LogP contribution in [0.15, 0.2) is 54.1 Å². The van der Waals surface area contributed by atoms with Gasteiger partial charge in [-0.2, -0.15) is 0 Å². The van der Waals surface area contributed by atoms with E-state index in [4.69, 9.17) is 14.2 Å². The zero-order valence-corrected chi connectivity index (χ0v) is 21.7. The summed E-state index contributed by atoms with van der Waals surface area (Å²) in [6, 6.07) is 13.6. The van der Waals surface area contributed by atoms with Crippen molar-refractivity contribution in [1.29, 1.82) is 0 Å². The van der Waals surface area contributed by atoms with E-state index in [-0.39, 0.29) is 11.3 Å². The van der Waals surface area contributed by atoms with E-state index in [2.05, 4.69) is 4.90 Å². The second-order valence-corrected chi connectivity index (χ2v) is 9.18. The zero-order chi connectivity index (χ0) is 26.2. The van der Waals surface area contributed by atoms with Gasteiger partial charge in [-0.1, -0.05) is 19.1 Å². The third kappa shape index (κ3) is 6.32. The molecule has 2 heterocycles. The van der Waals surface area contributed by atoms with E-state index in [1.807, 2.05) is 38.1 Å². The van der Waals surface area contributed by atoms with Gasteiger partial charge in [0, 0.05) is 31.7 Å². The van der Waals surface area contributed by atoms with Crippen molar-refractivity contribution in [2.24, 2.45) is 0 Å². The minimum Gasteiger partial charge on any atom is -0.507 e. The lowest BCUT2D eigenvalue weighted by molar-refractivity contribution is -0.140. The third-order valence-corrected chi connectivity index (χ3v) is 6.60. The predicted molar refractivity (Wildman–Crippen MR) is 141 cm³/mol. The first-order valence-electron chi connectivity index (χ1n) is 13.1. The summed E-state index contributed by atoms with van der Waals surface area (Å²) in [7, 11) is 0. The van der Waals surface area contributed by atoms with E-state index in [0.717, 1.165) is 31.6 Å². The average Bonchev–Trinajstić information content (AvgIpc) is 3.18. The van der Waals surface area contributed by atoms with Gasteiger partial charge in [0.15, 0.2) is 0 Å². The van der Waals surface area contributed by atoms with E-state index >= 15 is 0 Å². The molecule has 1 amide bonds. The highest BCUT2D eigenvalue weighted by Crippen LogP contribution is 2.40. The molecule has 2 aromatic carbocycles. The topological polar surface area (TPSA) is 88.5 Å². The molecule has 1 N–H and O–H groups in total. The largest absolute Gasteiger partial charge is 0.507 e. The smallest absolute Gasteiger partial charge is 0.295 e. The number of aliphatic hydroxyl groups excluding tert-OH is 1. The molecule has 2 fully saturated rings. The zero-order valence-electron chi connectivity index (χ0n) is 21.7. The molecule has 8 heteroatoms. The fourth-order valence-corrected chi connectivity index (χ4v) is 4.77. The van der Waals surface area contributed by atoms with E-state index < -0.39 is 17.7 Å². The van der Waals surface area contributed by atoms with Crippen LogP contribution < -0.4 is 9.47 Å². The van der Waals surface area contributed by atoms with E-state index in [9.17, 15) is 14.7 Å². The Morgan fingerprint density at radius 3 is 2.46 bits per heavy atom. The summed E-state index contributed by atoms with van der Waals surface area (Å²) in [5, 5.41) is 11.3. The van der Waals surface area contributed by atoms with Crippen LogP contribution in [0.3, 0.4) is 0 Å². The number of carbonyl (C=O) groups is 2. The summed E-state index contributed by atoms with van der Waals surface area (Å²) < 4.78 is 16.7. The van der Waals surface area contributed by atoms with Crippen LogP contribution in [-0.2, 0) is 14.3 Å². The number of hydrogen-bond acceptors (Lipinski definition) is 7. The number of likely N-dealkylation sites (tertiary alicyclic amines) is 1. The number of amides is 1. The van der Waals surface area contributed by atoms with Crippen molar-refractivity contribution in [1.82, 2.24) is 9.80 Å². The van der Waals surface area contributed by atoms with Gasteiger partial charge in [-0.05, 0) is 61.7 Å². The Balaban J connectivity index is 1.66. The van der Waals surface area contributed by atoms with Crippen molar-refractivity contribution in [3.05, 3.63) is 65.2 Å². The highest BCUT2D eigenvalue weighted by atomic mass is 16.5. The Hall–Kier alpha value is -3.36. The molecule has 198 valence electrons. The van der Waals surface area contributed by atoms with Crippen molar-refractivity contribution >= 4 is 17.4 Å². The highest BCUT2D eigenvalue weighted by Gasteiger charge is 2.46. The SMILES string of the molecule is CCCOc1ccc(/C(O)=C2\C(=O)C(=O)N(CCCN3CCOCC3)C2c2cccc(OCC)c2)cc1. The predicted octanol–water partition coefficient (Wildman–Crippen LogP) is 4.02. The van der Waals surface area contributed by atoms with Gasteiger partial charge in [-0.15, -0.1) is 0 Å². The standard InChI is InChI=1S/C29H36N2O6/c1-3-17-37-23-11-9-21(10-12-23)27(32)25-26(22-7-5-8-24(20-22)36-4-2)31(29(34)28(25)33)14-6-13-30-15-18-35-19-16-30/h5,7-12,20,26,32H,3-4,6,13-19H2,1-2H3/b27-25+. The van der Waals surface area contributed by atoms with Gasteiger partial charge in [-0.3, -0.25) is 14.5 Å². The van der Waals surface area contributed by atoms with E-state index in [1.165, 1.54) is 0 Å². The van der Waals surface area contributed by atoms with Crippen LogP contribution >= 0.6 is 0 Å². The van der Waals surface area contributed by atoms with Gasteiger partial charge < -0.3 is 24.2 Å². The fraction of sp³-hybridized carbons (Fsp3) is 0.448. The lowest BCUT2D eigenvalue weighted by Gasteiger charge is -2.29. The first kappa shape index (κ1) is 26.7. The summed E-state index contributed by atoms with van der Waals surface area (Å²) in [6.45, 7) is 9.34. The number of benzene rings is 2. The van der Waals surface area contributed by atoms with Gasteiger partial charge in [0.1, 0.15) is 17.3 Å². The Bertz CT molecular complexity index is 1110. The van der Waals surface area contributed by atoms with E-state index in [0.29, 0.717) is 56.5 Å². The molecule has 2 saturated heterocycles. The normalized spacial score (nSPS) is 19.8. The monoisotopic (exact) mass is 508 g/mol. The van der Waals surface area contributed by atoms with Crippen molar-refractivity contribution in [3.63, 3.8) is 0 Å². The number of aliphatic hydroxyl groups is 1. The molecule has 2 aliphatic heterocycles. The Labute approximate surface area is 218 Å². The summed E-state index contributed by atoms with van der Waals surface area (Å²) in [5.74, 6) is -0.137. The minimum absolute atomic E-state index is 0.0900. The molecule has 0 saturated carbocycles. The van der Waals surface area contributed by atoms with Gasteiger partial charge >= 0.3 is 0 Å². The molecule has 2 aliphatic rings. The maximum Gasteiger partial charge on any atom is 0.295 e. The maximum absolute atomic E-state index is 13.3. The summed E-state index contributed by atoms with van der Waals surface area (Å²) in [6.07, 6.45) is 1.59. The van der Waals surface area contributed by atoms with Gasteiger partial charge in [0.25, 0.3) is 11.7 Å². The number of carbonyl (C=O) groups excluding carboxylic acids is 2. The average molecular weight is 509 g/mol. The third-order valence-electron chi connectivity index (χ3n) is 6.60. The Morgan fingerprint density at radius 2 is 1.76 bits per heavy atom. The number of Topliss-reactive ketones (excluding diaryl/α,β-unsaturated/α-hetero) is 1. The number of nitrogens with zero attached hydrogens (tertiary/aromatic N) is 2. The number of ether oxygens (including phenoxy) is 3. The first-order chi connectivity index (χ1) is 18.0. The Kier molecular flexibility index (Phi) is 9.19. The molecule has 1 atom stereocenters. The quantitative estimate of drug-likeness (QED) is 0.279. The molecule has 0 spiro atoms. The van der Waals surface area contributed by atoms with Crippen molar-refractivity contribution < 1.29 is 28.9 Å². The molecule has 1 unspecified atom stereocenters.